The van der Waals surface area contributed by atoms with Gasteiger partial charge in [-0.3, -0.25) is 0 Å². The Morgan fingerprint density at radius 2 is 1.91 bits per heavy atom. The maximum Gasteiger partial charge on any atom is 0.0958 e. The first-order valence-corrected chi connectivity index (χ1v) is 12.4. The van der Waals surface area contributed by atoms with Crippen molar-refractivity contribution >= 4 is 27.5 Å². The first-order valence-electron chi connectivity index (χ1n) is 11.5. The van der Waals surface area contributed by atoms with Crippen molar-refractivity contribution in [3.05, 3.63) is 83.1 Å². The third kappa shape index (κ3) is 2.86. The van der Waals surface area contributed by atoms with E-state index in [0.29, 0.717) is 0 Å². The van der Waals surface area contributed by atoms with Crippen LogP contribution >= 0.6 is 11.3 Å². The molecule has 3 nitrogen and oxygen atoms in total. The van der Waals surface area contributed by atoms with Crippen molar-refractivity contribution in [2.45, 2.75) is 45.3 Å². The molecule has 2 aromatic carbocycles. The molecule has 0 spiro atoms. The molecule has 6 rings (SSSR count). The van der Waals surface area contributed by atoms with Gasteiger partial charge in [-0.05, 0) is 49.1 Å². The van der Waals surface area contributed by atoms with Crippen LogP contribution in [0.25, 0.3) is 27.4 Å². The molecule has 0 saturated heterocycles. The number of hydrogen-bond donors (Lipinski definition) is 1. The van der Waals surface area contributed by atoms with E-state index in [4.69, 9.17) is 4.98 Å². The summed E-state index contributed by atoms with van der Waals surface area (Å²) in [4.78, 5) is 4.79. The van der Waals surface area contributed by atoms with Crippen LogP contribution in [-0.4, -0.2) is 14.7 Å². The predicted octanol–water partition coefficient (Wildman–Crippen LogP) is 6.88. The van der Waals surface area contributed by atoms with Crippen LogP contribution in [0.5, 0.6) is 0 Å². The van der Waals surface area contributed by atoms with Gasteiger partial charge in [-0.25, -0.2) is 4.98 Å². The zero-order chi connectivity index (χ0) is 21.9. The van der Waals surface area contributed by atoms with Crippen LogP contribution in [0.1, 0.15) is 44.4 Å². The highest BCUT2D eigenvalue weighted by atomic mass is 32.1. The van der Waals surface area contributed by atoms with E-state index >= 15 is 0 Å². The molecule has 1 saturated carbocycles. The minimum Gasteiger partial charge on any atom is -0.385 e. The first-order chi connectivity index (χ1) is 15.5. The molecule has 1 fully saturated rings. The van der Waals surface area contributed by atoms with Gasteiger partial charge >= 0.3 is 0 Å². The molecule has 0 radical (unpaired) electrons. The fourth-order valence-electron chi connectivity index (χ4n) is 6.24. The lowest BCUT2D eigenvalue weighted by molar-refractivity contribution is -0.0700. The molecule has 3 atom stereocenters. The quantitative estimate of drug-likeness (QED) is 0.377. The first kappa shape index (κ1) is 20.0. The number of fused-ring (bicyclic) bond motifs is 3. The summed E-state index contributed by atoms with van der Waals surface area (Å²) in [6.45, 7) is 5.26. The van der Waals surface area contributed by atoms with Gasteiger partial charge in [0.2, 0.25) is 0 Å². The fourth-order valence-corrected chi connectivity index (χ4v) is 7.31. The summed E-state index contributed by atoms with van der Waals surface area (Å²) in [7, 11) is 0. The van der Waals surface area contributed by atoms with Gasteiger partial charge in [0.05, 0.1) is 23.3 Å². The molecule has 2 aliphatic rings. The highest BCUT2D eigenvalue weighted by Crippen LogP contribution is 2.56. The summed E-state index contributed by atoms with van der Waals surface area (Å²) >= 11 is 1.73. The van der Waals surface area contributed by atoms with Gasteiger partial charge in [0.25, 0.3) is 0 Å². The van der Waals surface area contributed by atoms with Crippen molar-refractivity contribution in [3.63, 3.8) is 0 Å². The Bertz CT molecular complexity index is 1330. The minimum atomic E-state index is -0.895. The summed E-state index contributed by atoms with van der Waals surface area (Å²) in [6.07, 6.45) is 7.58. The monoisotopic (exact) mass is 440 g/mol. The van der Waals surface area contributed by atoms with E-state index in [1.165, 1.54) is 21.4 Å². The van der Waals surface area contributed by atoms with Crippen LogP contribution in [-0.2, 0) is 12.1 Å². The summed E-state index contributed by atoms with van der Waals surface area (Å²) in [6, 6.07) is 18.9. The number of benzene rings is 2. The number of rotatable bonds is 3. The second kappa shape index (κ2) is 7.16. The van der Waals surface area contributed by atoms with Crippen LogP contribution in [0.2, 0.25) is 0 Å². The largest absolute Gasteiger partial charge is 0.385 e. The molecule has 0 bridgehead atoms. The number of aliphatic hydroxyl groups is 1. The van der Waals surface area contributed by atoms with Crippen LogP contribution < -0.4 is 0 Å². The minimum absolute atomic E-state index is 0.105. The van der Waals surface area contributed by atoms with E-state index in [2.05, 4.69) is 71.5 Å². The van der Waals surface area contributed by atoms with Crippen LogP contribution in [0.4, 0.5) is 0 Å². The Labute approximate surface area is 193 Å². The van der Waals surface area contributed by atoms with Gasteiger partial charge in [-0.15, -0.1) is 11.3 Å². The highest BCUT2D eigenvalue weighted by molar-refractivity contribution is 7.17. The molecule has 4 aromatic rings. The Hall–Kier alpha value is -2.69. The molecule has 1 aliphatic heterocycles. The molecule has 1 N–H and O–H groups in total. The SMILES string of the molecule is C[C@]12Cn3cnc(-c4ccccc4)c3C=C1CCCC2[C@](C)(O)c1csc2ccccc12. The second-order valence-corrected chi connectivity index (χ2v) is 10.7. The maximum absolute atomic E-state index is 12.1. The summed E-state index contributed by atoms with van der Waals surface area (Å²) in [5, 5.41) is 15.4. The van der Waals surface area contributed by atoms with Crippen LogP contribution in [0.3, 0.4) is 0 Å². The third-order valence-corrected chi connectivity index (χ3v) is 8.85. The van der Waals surface area contributed by atoms with E-state index in [0.717, 1.165) is 42.6 Å². The van der Waals surface area contributed by atoms with Gasteiger partial charge in [-0.1, -0.05) is 61.0 Å². The van der Waals surface area contributed by atoms with E-state index < -0.39 is 5.60 Å². The lowest BCUT2D eigenvalue weighted by Gasteiger charge is -2.51. The van der Waals surface area contributed by atoms with Crippen molar-refractivity contribution in [2.24, 2.45) is 11.3 Å². The average molecular weight is 441 g/mol. The summed E-state index contributed by atoms with van der Waals surface area (Å²) in [5.74, 6) is 0.142. The average Bonchev–Trinajstić information content (AvgIpc) is 3.41. The molecule has 4 heteroatoms. The molecular weight excluding hydrogens is 412 g/mol. The predicted molar refractivity (Wildman–Crippen MR) is 132 cm³/mol. The third-order valence-electron chi connectivity index (χ3n) is 7.88. The van der Waals surface area contributed by atoms with Crippen molar-refractivity contribution in [3.8, 4) is 11.3 Å². The lowest BCUT2D eigenvalue weighted by Crippen LogP contribution is -2.48. The Morgan fingerprint density at radius 1 is 1.12 bits per heavy atom. The van der Waals surface area contributed by atoms with Gasteiger partial charge < -0.3 is 9.67 Å². The van der Waals surface area contributed by atoms with Crippen LogP contribution in [0.15, 0.2) is 71.9 Å². The van der Waals surface area contributed by atoms with Crippen LogP contribution in [0, 0.1) is 11.3 Å². The number of nitrogens with zero attached hydrogens (tertiary/aromatic N) is 2. The van der Waals surface area contributed by atoms with E-state index in [1.54, 1.807) is 11.3 Å². The molecule has 1 aliphatic carbocycles. The smallest absolute Gasteiger partial charge is 0.0958 e. The topological polar surface area (TPSA) is 38.0 Å². The molecule has 0 amide bonds. The zero-order valence-corrected chi connectivity index (χ0v) is 19.4. The molecule has 2 aromatic heterocycles. The van der Waals surface area contributed by atoms with E-state index in [9.17, 15) is 5.11 Å². The normalized spacial score (nSPS) is 24.5. The van der Waals surface area contributed by atoms with E-state index in [-0.39, 0.29) is 11.3 Å². The molecule has 1 unspecified atom stereocenters. The van der Waals surface area contributed by atoms with Crippen molar-refractivity contribution in [1.82, 2.24) is 9.55 Å². The second-order valence-electron chi connectivity index (χ2n) is 9.80. The number of imidazole rings is 1. The number of aromatic nitrogens is 2. The Kier molecular flexibility index (Phi) is 4.46. The van der Waals surface area contributed by atoms with Gasteiger partial charge in [0.1, 0.15) is 0 Å². The highest BCUT2D eigenvalue weighted by Gasteiger charge is 2.51. The fraction of sp³-hybridized carbons (Fsp3) is 0.321. The lowest BCUT2D eigenvalue weighted by atomic mass is 9.57. The van der Waals surface area contributed by atoms with Crippen molar-refractivity contribution in [2.75, 3.05) is 0 Å². The molecule has 3 heterocycles. The molecule has 162 valence electrons. The molecular formula is C28H28N2OS. The molecule has 32 heavy (non-hydrogen) atoms. The van der Waals surface area contributed by atoms with Crippen molar-refractivity contribution in [1.29, 1.82) is 0 Å². The Morgan fingerprint density at radius 3 is 2.75 bits per heavy atom. The number of allylic oxidation sites excluding steroid dienone is 1. The standard InChI is InChI=1S/C28H28N2OS/c1-27-17-30-18-29-26(19-9-4-3-5-10-19)23(30)15-20(27)11-8-14-25(27)28(2,31)22-16-32-24-13-7-6-12-21(22)24/h3-7,9-10,12-13,15-16,18,25,31H,8,11,14,17H2,1-2H3/t25?,27-,28+/m0/s1. The van der Waals surface area contributed by atoms with E-state index in [1.807, 2.05) is 19.3 Å². The van der Waals surface area contributed by atoms with Gasteiger partial charge in [0.15, 0.2) is 0 Å². The summed E-state index contributed by atoms with van der Waals surface area (Å²) in [5.41, 5.74) is 4.94. The van der Waals surface area contributed by atoms with Crippen molar-refractivity contribution < 1.29 is 5.11 Å². The maximum atomic E-state index is 12.1. The Balaban J connectivity index is 1.43. The zero-order valence-electron chi connectivity index (χ0n) is 18.6. The number of thiophene rings is 1. The summed E-state index contributed by atoms with van der Waals surface area (Å²) < 4.78 is 3.54. The van der Waals surface area contributed by atoms with Gasteiger partial charge in [-0.2, -0.15) is 0 Å². The number of hydrogen-bond acceptors (Lipinski definition) is 3. The van der Waals surface area contributed by atoms with Gasteiger partial charge in [0, 0.05) is 33.7 Å².